The number of hydrogen-bond donors (Lipinski definition) is 0. The van der Waals surface area contributed by atoms with E-state index >= 15 is 0 Å². The smallest absolute Gasteiger partial charge is 0.133 e. The van der Waals surface area contributed by atoms with Crippen LogP contribution in [0.5, 0.6) is 0 Å². The molecule has 2 aliphatic heterocycles. The lowest BCUT2D eigenvalue weighted by atomic mass is 9.79. The predicted molar refractivity (Wildman–Crippen MR) is 96.4 cm³/mol. The summed E-state index contributed by atoms with van der Waals surface area (Å²) in [6.45, 7) is 7.01. The first-order valence-electron chi connectivity index (χ1n) is 9.47. The Balaban J connectivity index is 1.18. The Hall–Kier alpha value is -1.76. The molecule has 0 aliphatic carbocycles. The molecule has 2 aromatic rings. The van der Waals surface area contributed by atoms with Crippen molar-refractivity contribution in [3.8, 4) is 0 Å². The van der Waals surface area contributed by atoms with Gasteiger partial charge >= 0.3 is 0 Å². The average molecular weight is 357 g/mol. The molecule has 2 saturated heterocycles. The highest BCUT2D eigenvalue weighted by atomic mass is 16.5. The molecule has 0 N–H and O–H groups in total. The lowest BCUT2D eigenvalue weighted by molar-refractivity contribution is -0.182. The van der Waals surface area contributed by atoms with Crippen LogP contribution < -0.4 is 0 Å². The SMILES string of the molecule is Cc1cc(CN2CC3(C[C@@H](CCOCc4ccccn4)CCO3)C2)no1. The van der Waals surface area contributed by atoms with Gasteiger partial charge in [-0.3, -0.25) is 9.88 Å². The summed E-state index contributed by atoms with van der Waals surface area (Å²) in [6.07, 6.45) is 5.18. The Morgan fingerprint density at radius 1 is 1.31 bits per heavy atom. The molecule has 2 aliphatic rings. The number of ether oxygens (including phenoxy) is 2. The maximum Gasteiger partial charge on any atom is 0.133 e. The molecule has 1 spiro atoms. The minimum Gasteiger partial charge on any atom is -0.375 e. The van der Waals surface area contributed by atoms with Gasteiger partial charge in [0.2, 0.25) is 0 Å². The van der Waals surface area contributed by atoms with Crippen LogP contribution in [-0.4, -0.2) is 46.9 Å². The van der Waals surface area contributed by atoms with Crippen molar-refractivity contribution in [3.05, 3.63) is 47.6 Å². The third-order valence-electron chi connectivity index (χ3n) is 5.33. The molecule has 4 heterocycles. The van der Waals surface area contributed by atoms with Crippen LogP contribution in [0.25, 0.3) is 0 Å². The van der Waals surface area contributed by atoms with E-state index in [-0.39, 0.29) is 5.60 Å². The van der Waals surface area contributed by atoms with Gasteiger partial charge in [0.05, 0.1) is 23.6 Å². The number of nitrogens with zero attached hydrogens (tertiary/aromatic N) is 3. The first-order valence-corrected chi connectivity index (χ1v) is 9.47. The van der Waals surface area contributed by atoms with Gasteiger partial charge in [-0.2, -0.15) is 0 Å². The van der Waals surface area contributed by atoms with Crippen LogP contribution in [0, 0.1) is 12.8 Å². The molecule has 4 rings (SSSR count). The summed E-state index contributed by atoms with van der Waals surface area (Å²) in [6, 6.07) is 7.94. The Morgan fingerprint density at radius 2 is 2.23 bits per heavy atom. The summed E-state index contributed by atoms with van der Waals surface area (Å²) in [4.78, 5) is 6.68. The second kappa shape index (κ2) is 7.86. The zero-order valence-corrected chi connectivity index (χ0v) is 15.4. The number of aromatic nitrogens is 2. The number of hydrogen-bond acceptors (Lipinski definition) is 6. The van der Waals surface area contributed by atoms with Crippen LogP contribution in [0.3, 0.4) is 0 Å². The number of likely N-dealkylation sites (tertiary alicyclic amines) is 1. The third kappa shape index (κ3) is 4.31. The Morgan fingerprint density at radius 3 is 3.00 bits per heavy atom. The molecular weight excluding hydrogens is 330 g/mol. The molecule has 1 atom stereocenters. The molecule has 0 amide bonds. The van der Waals surface area contributed by atoms with E-state index in [1.54, 1.807) is 0 Å². The van der Waals surface area contributed by atoms with Crippen molar-refractivity contribution in [2.45, 2.75) is 44.9 Å². The highest BCUT2D eigenvalue weighted by Gasteiger charge is 2.47. The van der Waals surface area contributed by atoms with Crippen molar-refractivity contribution in [1.82, 2.24) is 15.0 Å². The Labute approximate surface area is 154 Å². The summed E-state index contributed by atoms with van der Waals surface area (Å²) in [7, 11) is 0. The number of pyridine rings is 1. The molecule has 6 heteroatoms. The molecule has 0 saturated carbocycles. The summed E-state index contributed by atoms with van der Waals surface area (Å²) < 4.78 is 17.1. The van der Waals surface area contributed by atoms with Gasteiger partial charge in [-0.15, -0.1) is 0 Å². The molecule has 140 valence electrons. The van der Waals surface area contributed by atoms with Gasteiger partial charge < -0.3 is 14.0 Å². The highest BCUT2D eigenvalue weighted by Crippen LogP contribution is 2.38. The van der Waals surface area contributed by atoms with Crippen molar-refractivity contribution < 1.29 is 14.0 Å². The second-order valence-electron chi connectivity index (χ2n) is 7.63. The first kappa shape index (κ1) is 17.6. The van der Waals surface area contributed by atoms with Crippen LogP contribution in [0.2, 0.25) is 0 Å². The van der Waals surface area contributed by atoms with Crippen LogP contribution in [0.1, 0.15) is 36.4 Å². The third-order valence-corrected chi connectivity index (χ3v) is 5.33. The molecule has 0 unspecified atom stereocenters. The Kier molecular flexibility index (Phi) is 5.33. The van der Waals surface area contributed by atoms with E-state index in [4.69, 9.17) is 14.0 Å². The lowest BCUT2D eigenvalue weighted by Gasteiger charge is -2.53. The van der Waals surface area contributed by atoms with E-state index in [1.165, 1.54) is 0 Å². The number of rotatable bonds is 7. The van der Waals surface area contributed by atoms with E-state index < -0.39 is 0 Å². The van der Waals surface area contributed by atoms with Crippen molar-refractivity contribution in [2.24, 2.45) is 5.92 Å². The predicted octanol–water partition coefficient (Wildman–Crippen LogP) is 2.97. The van der Waals surface area contributed by atoms with Gasteiger partial charge in [-0.25, -0.2) is 0 Å². The van der Waals surface area contributed by atoms with Gasteiger partial charge in [0.15, 0.2) is 0 Å². The van der Waals surface area contributed by atoms with Crippen LogP contribution in [0.4, 0.5) is 0 Å². The van der Waals surface area contributed by atoms with E-state index in [0.29, 0.717) is 12.5 Å². The van der Waals surface area contributed by atoms with Gasteiger partial charge in [-0.1, -0.05) is 11.2 Å². The Bertz CT molecular complexity index is 697. The zero-order chi connectivity index (χ0) is 17.8. The fraction of sp³-hybridized carbons (Fsp3) is 0.600. The lowest BCUT2D eigenvalue weighted by Crippen LogP contribution is -2.64. The van der Waals surface area contributed by atoms with E-state index in [2.05, 4.69) is 15.0 Å². The summed E-state index contributed by atoms with van der Waals surface area (Å²) in [5, 5.41) is 4.08. The highest BCUT2D eigenvalue weighted by molar-refractivity contribution is 5.07. The maximum atomic E-state index is 6.14. The van der Waals surface area contributed by atoms with Crippen molar-refractivity contribution in [3.63, 3.8) is 0 Å². The molecule has 26 heavy (non-hydrogen) atoms. The van der Waals surface area contributed by atoms with E-state index in [1.807, 2.05) is 37.4 Å². The topological polar surface area (TPSA) is 60.6 Å². The minimum atomic E-state index is 0.0443. The van der Waals surface area contributed by atoms with Crippen molar-refractivity contribution >= 4 is 0 Å². The number of aryl methyl sites for hydroxylation is 1. The van der Waals surface area contributed by atoms with Crippen LogP contribution >= 0.6 is 0 Å². The molecule has 2 aromatic heterocycles. The van der Waals surface area contributed by atoms with E-state index in [9.17, 15) is 0 Å². The molecule has 0 aromatic carbocycles. The molecular formula is C20H27N3O3. The summed E-state index contributed by atoms with van der Waals surface area (Å²) in [5.74, 6) is 1.55. The van der Waals surface area contributed by atoms with Gasteiger partial charge in [0.1, 0.15) is 5.76 Å². The zero-order valence-electron chi connectivity index (χ0n) is 15.4. The van der Waals surface area contributed by atoms with Crippen LogP contribution in [0.15, 0.2) is 35.0 Å². The normalized spacial score (nSPS) is 22.4. The second-order valence-corrected chi connectivity index (χ2v) is 7.63. The van der Waals surface area contributed by atoms with E-state index in [0.717, 1.165) is 69.3 Å². The molecule has 0 bridgehead atoms. The maximum absolute atomic E-state index is 6.14. The molecule has 6 nitrogen and oxygen atoms in total. The van der Waals surface area contributed by atoms with Crippen LogP contribution in [-0.2, 0) is 22.6 Å². The van der Waals surface area contributed by atoms with Crippen molar-refractivity contribution in [2.75, 3.05) is 26.3 Å². The monoisotopic (exact) mass is 357 g/mol. The minimum absolute atomic E-state index is 0.0443. The first-order chi connectivity index (χ1) is 12.7. The quantitative estimate of drug-likeness (QED) is 0.710. The standard InChI is InChI=1S/C20H27N3O3/c1-16-10-19(22-26-16)12-23-14-20(15-23)11-17(6-9-25-20)5-8-24-13-18-4-2-3-7-21-18/h2-4,7,10,17H,5-6,8-9,11-15H2,1H3/t17-/m0/s1. The summed E-state index contributed by atoms with van der Waals surface area (Å²) >= 11 is 0. The van der Waals surface area contributed by atoms with Crippen molar-refractivity contribution in [1.29, 1.82) is 0 Å². The summed E-state index contributed by atoms with van der Waals surface area (Å²) in [5.41, 5.74) is 2.05. The largest absolute Gasteiger partial charge is 0.375 e. The fourth-order valence-corrected chi connectivity index (χ4v) is 4.11. The van der Waals surface area contributed by atoms with Gasteiger partial charge in [0.25, 0.3) is 0 Å². The van der Waals surface area contributed by atoms with Gasteiger partial charge in [-0.05, 0) is 44.2 Å². The fourth-order valence-electron chi connectivity index (χ4n) is 4.11. The molecule has 2 fully saturated rings. The van der Waals surface area contributed by atoms with Gasteiger partial charge in [0, 0.05) is 45.1 Å². The average Bonchev–Trinajstić information content (AvgIpc) is 3.04. The molecule has 0 radical (unpaired) electrons.